The van der Waals surface area contributed by atoms with Crippen LogP contribution in [-0.2, 0) is 9.59 Å². The van der Waals surface area contributed by atoms with Crippen molar-refractivity contribution in [1.82, 2.24) is 4.90 Å². The molecule has 2 bridgehead atoms. The van der Waals surface area contributed by atoms with Crippen LogP contribution in [0.25, 0.3) is 0 Å². The minimum atomic E-state index is -0.418. The van der Waals surface area contributed by atoms with Gasteiger partial charge in [0.15, 0.2) is 5.76 Å². The Morgan fingerprint density at radius 1 is 1.10 bits per heavy atom. The Labute approximate surface area is 167 Å². The molecule has 1 aromatic heterocycles. The number of carbonyl (C=O) groups excluding carboxylic acids is 3. The summed E-state index contributed by atoms with van der Waals surface area (Å²) in [6.07, 6.45) is 6.39. The molecule has 7 nitrogen and oxygen atoms in total. The van der Waals surface area contributed by atoms with Gasteiger partial charge in [0.1, 0.15) is 12.4 Å². The van der Waals surface area contributed by atoms with Gasteiger partial charge in [-0.05, 0) is 54.7 Å². The number of ether oxygens (including phenoxy) is 1. The number of fused-ring (bicyclic) bond motifs is 5. The predicted octanol–water partition coefficient (Wildman–Crippen LogP) is 2.70. The minimum Gasteiger partial charge on any atom is -0.497 e. The first-order chi connectivity index (χ1) is 14.1. The molecule has 2 aromatic rings. The number of anilines is 1. The number of benzene rings is 1. The summed E-state index contributed by atoms with van der Waals surface area (Å²) < 4.78 is 10.4. The molecule has 5 rings (SSSR count). The second-order valence-corrected chi connectivity index (χ2v) is 7.65. The first-order valence-electron chi connectivity index (χ1n) is 9.61. The van der Waals surface area contributed by atoms with Gasteiger partial charge in [-0.1, -0.05) is 12.2 Å². The molecule has 0 spiro atoms. The summed E-state index contributed by atoms with van der Waals surface area (Å²) in [5.74, 6) is -0.359. The first-order valence-corrected chi connectivity index (χ1v) is 9.61. The quantitative estimate of drug-likeness (QED) is 0.577. The number of hydrogen-bond donors (Lipinski definition) is 0. The number of likely N-dealkylation sites (tertiary alicyclic amines) is 1. The highest BCUT2D eigenvalue weighted by atomic mass is 16.5. The molecule has 1 saturated heterocycles. The van der Waals surface area contributed by atoms with Gasteiger partial charge < -0.3 is 9.15 Å². The summed E-state index contributed by atoms with van der Waals surface area (Å²) in [5, 5.41) is 0. The Morgan fingerprint density at radius 2 is 1.76 bits per heavy atom. The third-order valence-corrected chi connectivity index (χ3v) is 6.21. The number of carbonyl (C=O) groups is 3. The van der Waals surface area contributed by atoms with Gasteiger partial charge in [-0.15, -0.1) is 0 Å². The van der Waals surface area contributed by atoms with Crippen LogP contribution in [0.5, 0.6) is 5.75 Å². The number of amides is 3. The fourth-order valence-electron chi connectivity index (χ4n) is 4.80. The number of nitrogens with zero attached hydrogens (tertiary/aromatic N) is 2. The molecule has 0 unspecified atom stereocenters. The number of hydrogen-bond acceptors (Lipinski definition) is 5. The lowest BCUT2D eigenvalue weighted by Gasteiger charge is -2.27. The highest BCUT2D eigenvalue weighted by Crippen LogP contribution is 2.52. The van der Waals surface area contributed by atoms with E-state index in [2.05, 4.69) is 12.2 Å². The van der Waals surface area contributed by atoms with Crippen LogP contribution >= 0.6 is 0 Å². The number of rotatable bonds is 5. The van der Waals surface area contributed by atoms with E-state index < -0.39 is 5.91 Å². The normalized spacial score (nSPS) is 26.9. The van der Waals surface area contributed by atoms with E-state index in [0.29, 0.717) is 11.4 Å². The van der Waals surface area contributed by atoms with Crippen LogP contribution in [-0.4, -0.2) is 36.4 Å². The monoisotopic (exact) mass is 392 g/mol. The molecule has 3 aliphatic rings. The molecule has 1 saturated carbocycles. The third kappa shape index (κ3) is 2.68. The van der Waals surface area contributed by atoms with Gasteiger partial charge in [0.2, 0.25) is 11.8 Å². The zero-order valence-corrected chi connectivity index (χ0v) is 15.9. The van der Waals surface area contributed by atoms with E-state index in [4.69, 9.17) is 9.15 Å². The summed E-state index contributed by atoms with van der Waals surface area (Å²) in [7, 11) is 1.56. The summed E-state index contributed by atoms with van der Waals surface area (Å²) in [6, 6.07) is 10.1. The molecule has 4 atom stereocenters. The largest absolute Gasteiger partial charge is 0.497 e. The second-order valence-electron chi connectivity index (χ2n) is 7.65. The summed E-state index contributed by atoms with van der Waals surface area (Å²) in [6.45, 7) is -0.143. The Kier molecular flexibility index (Phi) is 4.04. The van der Waals surface area contributed by atoms with Gasteiger partial charge in [-0.3, -0.25) is 24.2 Å². The molecule has 29 heavy (non-hydrogen) atoms. The van der Waals surface area contributed by atoms with Gasteiger partial charge in [0.05, 0.1) is 25.2 Å². The number of imide groups is 1. The van der Waals surface area contributed by atoms with Crippen LogP contribution in [0.3, 0.4) is 0 Å². The van der Waals surface area contributed by atoms with Crippen LogP contribution in [0.2, 0.25) is 0 Å². The Morgan fingerprint density at radius 3 is 2.31 bits per heavy atom. The summed E-state index contributed by atoms with van der Waals surface area (Å²) in [4.78, 5) is 41.8. The fourth-order valence-corrected chi connectivity index (χ4v) is 4.80. The maximum absolute atomic E-state index is 13.1. The van der Waals surface area contributed by atoms with Crippen molar-refractivity contribution in [3.63, 3.8) is 0 Å². The SMILES string of the molecule is COc1ccc(N(CN2C(=O)[C@@H]3[C@H](C2=O)[C@H]2C=C[C@H]3C2)C(=O)c2ccco2)cc1. The molecular weight excluding hydrogens is 372 g/mol. The first kappa shape index (κ1) is 17.7. The van der Waals surface area contributed by atoms with Crippen molar-refractivity contribution in [2.24, 2.45) is 23.7 Å². The van der Waals surface area contributed by atoms with E-state index >= 15 is 0 Å². The number of allylic oxidation sites excluding steroid dienone is 2. The second kappa shape index (κ2) is 6.62. The summed E-state index contributed by atoms with van der Waals surface area (Å²) >= 11 is 0. The van der Waals surface area contributed by atoms with Gasteiger partial charge in [0.25, 0.3) is 5.91 Å². The molecule has 2 fully saturated rings. The molecule has 1 aliphatic heterocycles. The molecule has 0 radical (unpaired) electrons. The molecular formula is C22H20N2O5. The van der Waals surface area contributed by atoms with Crippen molar-refractivity contribution >= 4 is 23.4 Å². The molecule has 2 heterocycles. The third-order valence-electron chi connectivity index (χ3n) is 6.21. The van der Waals surface area contributed by atoms with Crippen LogP contribution < -0.4 is 9.64 Å². The Balaban J connectivity index is 1.46. The predicted molar refractivity (Wildman–Crippen MR) is 103 cm³/mol. The van der Waals surface area contributed by atoms with E-state index in [1.165, 1.54) is 16.1 Å². The number of methoxy groups -OCH3 is 1. The Hall–Kier alpha value is -3.35. The van der Waals surface area contributed by atoms with Gasteiger partial charge >= 0.3 is 0 Å². The molecule has 0 N–H and O–H groups in total. The lowest BCUT2D eigenvalue weighted by Crippen LogP contribution is -2.45. The van der Waals surface area contributed by atoms with Gasteiger partial charge in [-0.25, -0.2) is 0 Å². The van der Waals surface area contributed by atoms with Crippen molar-refractivity contribution in [2.75, 3.05) is 18.7 Å². The zero-order chi connectivity index (χ0) is 20.1. The van der Waals surface area contributed by atoms with Crippen LogP contribution in [0, 0.1) is 23.7 Å². The average Bonchev–Trinajstić information content (AvgIpc) is 3.53. The van der Waals surface area contributed by atoms with E-state index in [1.807, 2.05) is 0 Å². The molecule has 2 aliphatic carbocycles. The smallest absolute Gasteiger partial charge is 0.295 e. The Bertz CT molecular complexity index is 965. The highest BCUT2D eigenvalue weighted by molar-refractivity contribution is 6.09. The lowest BCUT2D eigenvalue weighted by atomic mass is 9.85. The van der Waals surface area contributed by atoms with Gasteiger partial charge in [0, 0.05) is 5.69 Å². The maximum atomic E-state index is 13.1. The maximum Gasteiger partial charge on any atom is 0.295 e. The van der Waals surface area contributed by atoms with Crippen molar-refractivity contribution in [3.8, 4) is 5.75 Å². The molecule has 7 heteroatoms. The van der Waals surface area contributed by atoms with E-state index in [1.54, 1.807) is 43.5 Å². The van der Waals surface area contributed by atoms with Crippen LogP contribution in [0.1, 0.15) is 17.0 Å². The van der Waals surface area contributed by atoms with Crippen molar-refractivity contribution < 1.29 is 23.5 Å². The molecule has 1 aromatic carbocycles. The highest BCUT2D eigenvalue weighted by Gasteiger charge is 2.59. The lowest BCUT2D eigenvalue weighted by molar-refractivity contribution is -0.140. The molecule has 148 valence electrons. The minimum absolute atomic E-state index is 0.127. The topological polar surface area (TPSA) is 80.1 Å². The molecule has 3 amide bonds. The van der Waals surface area contributed by atoms with Crippen molar-refractivity contribution in [1.29, 1.82) is 0 Å². The van der Waals surface area contributed by atoms with Crippen LogP contribution in [0.4, 0.5) is 5.69 Å². The number of furan rings is 1. The zero-order valence-electron chi connectivity index (χ0n) is 15.9. The fraction of sp³-hybridized carbons (Fsp3) is 0.318. The van der Waals surface area contributed by atoms with Crippen molar-refractivity contribution in [2.45, 2.75) is 6.42 Å². The summed E-state index contributed by atoms with van der Waals surface area (Å²) in [5.41, 5.74) is 0.547. The van der Waals surface area contributed by atoms with E-state index in [9.17, 15) is 14.4 Å². The standard InChI is InChI=1S/C22H20N2O5/c1-28-16-8-6-15(7-9-16)23(20(25)17-3-2-10-29-17)12-24-21(26)18-13-4-5-14(11-13)19(18)22(24)27/h2-10,13-14,18-19H,11-12H2,1H3/t13-,14-,18-,19+/m0/s1. The average molecular weight is 392 g/mol. The van der Waals surface area contributed by atoms with Gasteiger partial charge in [-0.2, -0.15) is 0 Å². The van der Waals surface area contributed by atoms with Crippen LogP contribution in [0.15, 0.2) is 59.2 Å². The van der Waals surface area contributed by atoms with E-state index in [0.717, 1.165) is 6.42 Å². The van der Waals surface area contributed by atoms with E-state index in [-0.39, 0.29) is 47.9 Å². The van der Waals surface area contributed by atoms with Crippen molar-refractivity contribution in [3.05, 3.63) is 60.6 Å².